The fraction of sp³-hybridized carbons (Fsp3) is 0.309. The highest BCUT2D eigenvalue weighted by Gasteiger charge is 2.35. The number of Topliss-reactive ketones (excluding diaryl/α,β-unsaturated/α-hetero) is 5. The van der Waals surface area contributed by atoms with Crippen LogP contribution in [0.4, 0.5) is 34.6 Å². The van der Waals surface area contributed by atoms with Crippen molar-refractivity contribution in [3.05, 3.63) is 192 Å². The van der Waals surface area contributed by atoms with E-state index in [2.05, 4.69) is 43.8 Å². The first kappa shape index (κ1) is 69.9. The predicted octanol–water partition coefficient (Wildman–Crippen LogP) is 9.37. The molecule has 93 heavy (non-hydrogen) atoms. The summed E-state index contributed by atoms with van der Waals surface area (Å²) in [4.78, 5) is 138. The molecule has 21 nitrogen and oxygen atoms in total. The quantitative estimate of drug-likeness (QED) is 0.0219. The monoisotopic (exact) mass is 1280 g/mol. The van der Waals surface area contributed by atoms with Crippen LogP contribution in [-0.2, 0) is 45.1 Å². The Morgan fingerprint density at radius 1 is 0.462 bits per heavy atom. The van der Waals surface area contributed by atoms with Gasteiger partial charge in [-0.3, -0.25) is 52.7 Å². The van der Waals surface area contributed by atoms with Gasteiger partial charge >= 0.3 is 0 Å². The first-order valence-electron chi connectivity index (χ1n) is 29.6. The molecule has 3 aromatic heterocycles. The van der Waals surface area contributed by atoms with E-state index in [1.165, 1.54) is 74.4 Å². The first-order chi connectivity index (χ1) is 43.7. The van der Waals surface area contributed by atoms with Crippen LogP contribution in [0, 0.1) is 79.8 Å². The molecule has 0 unspecified atom stereocenters. The van der Waals surface area contributed by atoms with Crippen molar-refractivity contribution in [1.82, 2.24) is 35.0 Å². The van der Waals surface area contributed by atoms with Crippen LogP contribution >= 0.6 is 0 Å². The van der Waals surface area contributed by atoms with Crippen LogP contribution in [0.15, 0.2) is 90.7 Å². The molecule has 0 radical (unpaired) electrons. The molecule has 0 spiro atoms. The van der Waals surface area contributed by atoms with Crippen molar-refractivity contribution in [3.8, 4) is 0 Å². The van der Waals surface area contributed by atoms with Crippen molar-refractivity contribution in [2.45, 2.75) is 119 Å². The minimum Gasteiger partial charge on any atom is -0.344 e. The summed E-state index contributed by atoms with van der Waals surface area (Å²) in [5.74, 6) is -8.61. The van der Waals surface area contributed by atoms with Gasteiger partial charge in [0.25, 0.3) is 52.8 Å². The molecule has 7 N–H and O–H groups in total. The summed E-state index contributed by atoms with van der Waals surface area (Å²) in [6.07, 6.45) is 6.53. The molecule has 2 fully saturated rings. The smallest absolute Gasteiger partial charge is 0.298 e. The average Bonchev–Trinajstić information content (AvgIpc) is 1.70. The maximum atomic E-state index is 13.5. The number of nitrogens with one attached hydrogen (secondary N) is 7. The third-order valence-electron chi connectivity index (χ3n) is 16.6. The number of hydrogen-bond donors (Lipinski definition) is 7. The Kier molecular flexibility index (Phi) is 21.9. The van der Waals surface area contributed by atoms with Gasteiger partial charge in [-0.1, -0.05) is 13.0 Å². The minimum atomic E-state index is -0.986. The summed E-state index contributed by atoms with van der Waals surface area (Å²) in [5, 5.41) is 17.8. The lowest BCUT2D eigenvalue weighted by atomic mass is 9.94. The number of ketones is 5. The van der Waals surface area contributed by atoms with E-state index in [0.29, 0.717) is 99.6 Å². The van der Waals surface area contributed by atoms with E-state index in [4.69, 9.17) is 0 Å². The van der Waals surface area contributed by atoms with Crippen molar-refractivity contribution in [2.24, 2.45) is 21.1 Å². The highest BCUT2D eigenvalue weighted by molar-refractivity contribution is 6.44. The number of dihydropyridines is 1. The van der Waals surface area contributed by atoms with Crippen molar-refractivity contribution in [1.29, 1.82) is 0 Å². The molecule has 6 aromatic rings. The number of benzene rings is 3. The van der Waals surface area contributed by atoms with E-state index in [-0.39, 0.29) is 68.4 Å². The molecule has 6 amide bonds. The van der Waals surface area contributed by atoms with Crippen LogP contribution in [0.25, 0.3) is 0 Å². The number of carbonyl (C=O) groups excluding carboxylic acids is 11. The lowest BCUT2D eigenvalue weighted by molar-refractivity contribution is -0.126. The molecule has 2 atom stereocenters. The Balaban J connectivity index is 0.000000198. The number of anilines is 3. The van der Waals surface area contributed by atoms with Crippen LogP contribution in [0.1, 0.15) is 158 Å². The lowest BCUT2D eigenvalue weighted by Crippen LogP contribution is -2.45. The van der Waals surface area contributed by atoms with Gasteiger partial charge in [0.1, 0.15) is 17.5 Å². The molecule has 2 aliphatic carbocycles. The molecule has 0 bridgehead atoms. The number of amides is 6. The van der Waals surface area contributed by atoms with Gasteiger partial charge in [0.05, 0.1) is 45.9 Å². The first-order valence-corrected chi connectivity index (χ1v) is 29.6. The molecule has 25 heteroatoms. The minimum absolute atomic E-state index is 0.0262. The summed E-state index contributed by atoms with van der Waals surface area (Å²) >= 11 is 0. The third kappa shape index (κ3) is 15.6. The molecular formula is C68H72F4N10O11. The Morgan fingerprint density at radius 3 is 1.11 bits per heavy atom. The Hall–Kier alpha value is -10.6. The maximum Gasteiger partial charge on any atom is 0.298 e. The van der Waals surface area contributed by atoms with Crippen LogP contribution in [-0.4, -0.2) is 90.1 Å². The number of nitrogens with zero attached hydrogens (tertiary/aromatic N) is 3. The number of hydrogen-bond acceptors (Lipinski definition) is 12. The van der Waals surface area contributed by atoms with Gasteiger partial charge in [-0.2, -0.15) is 4.39 Å². The predicted molar refractivity (Wildman–Crippen MR) is 339 cm³/mol. The fourth-order valence-corrected chi connectivity index (χ4v) is 11.4. The average molecular weight is 1280 g/mol. The standard InChI is InChI=1S/C23H22F2N4O3.C23H26FN3O4.C22H24FN3O4/c1-11-8-15(6-7-17(11)24)27-22(31)19-13(3)20(29(5)14(19)4)21(30)23(32)28-16-9-12(2)26-18(25)10-16;1-12-11-15(9-10-16(12)24)25-22(30)19-13(2)20(27(4)14(19)3)21(29)23(31)26-17-7-5-6-8-18(17)28;1-11-10-14(8-9-15(11)23)24-21(29)18-12(2)19(26(4)13(18)3)20(28)22(30)25-16-6-5-7-17(16)27/h6-10,26H,2H2,1,3-5H3,(H,27,31)(H,28,32);9-11,17H,5-8H2,1-4H3,(H,25,30)(H,26,31);8-10,16H,5-7H2,1-4H3,(H,24,29)(H,25,30)/t;17-;16-/m.11/s1. The van der Waals surface area contributed by atoms with E-state index in [1.807, 2.05) is 0 Å². The van der Waals surface area contributed by atoms with Gasteiger partial charge in [-0.25, -0.2) is 13.2 Å². The Bertz CT molecular complexity index is 4240. The second-order valence-corrected chi connectivity index (χ2v) is 23.0. The second kappa shape index (κ2) is 29.1. The summed E-state index contributed by atoms with van der Waals surface area (Å²) in [5.41, 5.74) is 6.21. The normalized spacial score (nSPS) is 15.0. The highest BCUT2D eigenvalue weighted by atomic mass is 19.1. The second-order valence-electron chi connectivity index (χ2n) is 23.0. The van der Waals surface area contributed by atoms with Crippen molar-refractivity contribution in [3.63, 3.8) is 0 Å². The molecule has 0 saturated heterocycles. The molecule has 1 aliphatic heterocycles. The summed E-state index contributed by atoms with van der Waals surface area (Å²) in [7, 11) is 4.77. The molecule has 3 aromatic carbocycles. The van der Waals surface area contributed by atoms with Crippen molar-refractivity contribution in [2.75, 3.05) is 16.0 Å². The number of rotatable bonds is 15. The zero-order valence-electron chi connectivity index (χ0n) is 53.5. The summed E-state index contributed by atoms with van der Waals surface area (Å²) in [6, 6.07) is 11.4. The van der Waals surface area contributed by atoms with Crippen molar-refractivity contribution < 1.29 is 70.3 Å². The Morgan fingerprint density at radius 2 is 0.796 bits per heavy atom. The van der Waals surface area contributed by atoms with Gasteiger partial charge in [-0.15, -0.1) is 0 Å². The molecule has 9 rings (SSSR count). The number of aryl methyl sites for hydroxylation is 3. The largest absolute Gasteiger partial charge is 0.344 e. The van der Waals surface area contributed by atoms with Crippen LogP contribution in [0.3, 0.4) is 0 Å². The van der Waals surface area contributed by atoms with Crippen LogP contribution < -0.4 is 37.2 Å². The number of allylic oxidation sites excluding steroid dienone is 2. The fourth-order valence-electron chi connectivity index (χ4n) is 11.4. The van der Waals surface area contributed by atoms with E-state index >= 15 is 0 Å². The zero-order chi connectivity index (χ0) is 68.8. The molecule has 488 valence electrons. The molecule has 4 heterocycles. The van der Waals surface area contributed by atoms with E-state index < -0.39 is 76.6 Å². The molecule has 3 aliphatic rings. The number of halogens is 4. The van der Waals surface area contributed by atoms with E-state index in [1.54, 1.807) is 83.5 Å². The van der Waals surface area contributed by atoms with Crippen LogP contribution in [0.5, 0.6) is 0 Å². The number of carbonyl (C=O) groups is 11. The lowest BCUT2D eigenvalue weighted by Gasteiger charge is -2.21. The highest BCUT2D eigenvalue weighted by Crippen LogP contribution is 2.29. The van der Waals surface area contributed by atoms with Gasteiger partial charge < -0.3 is 50.9 Å². The van der Waals surface area contributed by atoms with Crippen molar-refractivity contribution >= 4 is 81.4 Å². The summed E-state index contributed by atoms with van der Waals surface area (Å²) < 4.78 is 58.4. The van der Waals surface area contributed by atoms with Gasteiger partial charge in [0.2, 0.25) is 0 Å². The SMILES string of the molecule is C=C1C=C(NC(=O)C(=O)c2c(C)c(C(=O)Nc3ccc(F)c(C)c3)c(C)n2C)C=C(F)N1.Cc1cc(NC(=O)c2c(C)c(C(=O)C(=O)N[C@@H]3CCCC3=O)n(C)c2C)ccc1F.Cc1cc(NC(=O)c2c(C)c(C(=O)C(=O)N[C@@H]3CCCCC3=O)n(C)c2C)ccc1F. The van der Waals surface area contributed by atoms with Crippen LogP contribution in [0.2, 0.25) is 0 Å². The summed E-state index contributed by atoms with van der Waals surface area (Å²) in [6.45, 7) is 18.1. The third-order valence-corrected chi connectivity index (χ3v) is 16.6. The molecule has 2 saturated carbocycles. The zero-order valence-corrected chi connectivity index (χ0v) is 53.5. The van der Waals surface area contributed by atoms with Gasteiger partial charge in [0, 0.05) is 85.6 Å². The topological polar surface area (TPSA) is 287 Å². The number of aromatic nitrogens is 3. The maximum absolute atomic E-state index is 13.5. The van der Waals surface area contributed by atoms with Gasteiger partial charge in [-0.05, 0) is 182 Å². The van der Waals surface area contributed by atoms with Gasteiger partial charge in [0.15, 0.2) is 17.5 Å². The van der Waals surface area contributed by atoms with E-state index in [0.717, 1.165) is 18.9 Å². The molecular weight excluding hydrogens is 1210 g/mol. The Labute approximate surface area is 533 Å². The van der Waals surface area contributed by atoms with E-state index in [9.17, 15) is 70.3 Å².